The number of hydrogen-bond donors (Lipinski definition) is 0. The molecule has 0 saturated carbocycles. The van der Waals surface area contributed by atoms with Gasteiger partial charge in [-0.25, -0.2) is 0 Å². The monoisotopic (exact) mass is 765 g/mol. The molecule has 0 radical (unpaired) electrons. The third kappa shape index (κ3) is 4.82. The largest absolute Gasteiger partial charge is 0.309 e. The molecule has 0 amide bonds. The molecule has 0 saturated heterocycles. The smallest absolute Gasteiger partial charge is 0.0556 e. The van der Waals surface area contributed by atoms with Crippen molar-refractivity contribution in [1.29, 1.82) is 0 Å². The van der Waals surface area contributed by atoms with E-state index < -0.39 is 0 Å². The standard InChI is InChI=1S/C56H47NS/c1-54(2,3)50-48-41-24-13-16-26-43(41)55(4,5)51(48)53(52-49(50)42-25-14-17-27-44(42)56(52,6)7)57(35-29-30-40-39-23-15-18-28-46(39)58-47(40)33-35)45-32-31-36(34-19-9-8-10-20-34)37-21-11-12-22-38(37)45/h8-33H,1-7H3. The number of anilines is 3. The number of thiophene rings is 1. The molecule has 58 heavy (non-hydrogen) atoms. The minimum Gasteiger partial charge on any atom is -0.309 e. The second-order valence-corrected chi connectivity index (χ2v) is 19.6. The Morgan fingerprint density at radius 3 is 1.64 bits per heavy atom. The van der Waals surface area contributed by atoms with Crippen molar-refractivity contribution in [1.82, 2.24) is 0 Å². The van der Waals surface area contributed by atoms with E-state index in [9.17, 15) is 0 Å². The van der Waals surface area contributed by atoms with Crippen molar-refractivity contribution in [3.8, 4) is 33.4 Å². The van der Waals surface area contributed by atoms with Gasteiger partial charge in [0.2, 0.25) is 0 Å². The molecule has 2 aliphatic carbocycles. The van der Waals surface area contributed by atoms with Gasteiger partial charge in [-0.3, -0.25) is 0 Å². The van der Waals surface area contributed by atoms with E-state index in [1.807, 2.05) is 11.3 Å². The van der Waals surface area contributed by atoms with Gasteiger partial charge in [0, 0.05) is 42.1 Å². The Kier molecular flexibility index (Phi) is 7.45. The first kappa shape index (κ1) is 35.2. The summed E-state index contributed by atoms with van der Waals surface area (Å²) in [6, 6.07) is 59.3. The summed E-state index contributed by atoms with van der Waals surface area (Å²) in [5, 5.41) is 5.13. The molecule has 9 aromatic rings. The fourth-order valence-electron chi connectivity index (χ4n) is 10.8. The Bertz CT molecular complexity index is 3070. The van der Waals surface area contributed by atoms with Crippen molar-refractivity contribution in [2.24, 2.45) is 0 Å². The van der Waals surface area contributed by atoms with Crippen molar-refractivity contribution in [2.45, 2.75) is 64.7 Å². The molecule has 0 bridgehead atoms. The van der Waals surface area contributed by atoms with Crippen LogP contribution >= 0.6 is 11.3 Å². The lowest BCUT2D eigenvalue weighted by atomic mass is 9.70. The van der Waals surface area contributed by atoms with Crippen LogP contribution in [0.15, 0.2) is 158 Å². The predicted octanol–water partition coefficient (Wildman–Crippen LogP) is 16.3. The summed E-state index contributed by atoms with van der Waals surface area (Å²) in [6.07, 6.45) is 0. The molecule has 1 aromatic heterocycles. The molecule has 0 N–H and O–H groups in total. The summed E-state index contributed by atoms with van der Waals surface area (Å²) in [6.45, 7) is 17.2. The van der Waals surface area contributed by atoms with Gasteiger partial charge in [0.25, 0.3) is 0 Å². The lowest BCUT2D eigenvalue weighted by molar-refractivity contribution is 0.587. The summed E-state index contributed by atoms with van der Waals surface area (Å²) >= 11 is 1.90. The Balaban J connectivity index is 1.35. The Hall–Kier alpha value is -5.96. The van der Waals surface area contributed by atoms with Crippen LogP contribution in [-0.2, 0) is 16.2 Å². The Morgan fingerprint density at radius 1 is 0.466 bits per heavy atom. The second-order valence-electron chi connectivity index (χ2n) is 18.5. The highest BCUT2D eigenvalue weighted by Crippen LogP contribution is 2.66. The average molecular weight is 766 g/mol. The average Bonchev–Trinajstić information content (AvgIpc) is 3.80. The van der Waals surface area contributed by atoms with E-state index >= 15 is 0 Å². The molecule has 11 rings (SSSR count). The quantitative estimate of drug-likeness (QED) is 0.172. The van der Waals surface area contributed by atoms with Crippen LogP contribution < -0.4 is 4.90 Å². The summed E-state index contributed by atoms with van der Waals surface area (Å²) in [5.74, 6) is 0. The third-order valence-electron chi connectivity index (χ3n) is 13.3. The zero-order valence-electron chi connectivity index (χ0n) is 34.4. The van der Waals surface area contributed by atoms with Gasteiger partial charge in [-0.1, -0.05) is 182 Å². The summed E-state index contributed by atoms with van der Waals surface area (Å²) < 4.78 is 2.63. The predicted molar refractivity (Wildman–Crippen MR) is 251 cm³/mol. The summed E-state index contributed by atoms with van der Waals surface area (Å²) in [5.41, 5.74) is 18.1. The zero-order valence-corrected chi connectivity index (χ0v) is 35.2. The number of benzene rings is 8. The van der Waals surface area contributed by atoms with Gasteiger partial charge in [0.05, 0.1) is 11.4 Å². The fourth-order valence-corrected chi connectivity index (χ4v) is 12.0. The van der Waals surface area contributed by atoms with Gasteiger partial charge in [0.15, 0.2) is 0 Å². The van der Waals surface area contributed by atoms with Crippen LogP contribution in [0.1, 0.15) is 76.3 Å². The van der Waals surface area contributed by atoms with E-state index in [4.69, 9.17) is 0 Å². The number of nitrogens with zero attached hydrogens (tertiary/aromatic N) is 1. The molecular weight excluding hydrogens is 719 g/mol. The Morgan fingerprint density at radius 2 is 1.00 bits per heavy atom. The van der Waals surface area contributed by atoms with Crippen molar-refractivity contribution in [3.05, 3.63) is 186 Å². The van der Waals surface area contributed by atoms with Gasteiger partial charge < -0.3 is 4.90 Å². The molecule has 0 atom stereocenters. The maximum absolute atomic E-state index is 2.69. The number of fused-ring (bicyclic) bond motifs is 10. The highest BCUT2D eigenvalue weighted by atomic mass is 32.1. The van der Waals surface area contributed by atoms with Crippen LogP contribution in [0.3, 0.4) is 0 Å². The van der Waals surface area contributed by atoms with Crippen LogP contribution in [0, 0.1) is 0 Å². The van der Waals surface area contributed by atoms with E-state index in [1.54, 1.807) is 0 Å². The van der Waals surface area contributed by atoms with Crippen LogP contribution in [0.4, 0.5) is 17.1 Å². The molecule has 282 valence electrons. The zero-order chi connectivity index (χ0) is 39.7. The maximum atomic E-state index is 2.69. The Labute approximate surface area is 346 Å². The summed E-state index contributed by atoms with van der Waals surface area (Å²) in [4.78, 5) is 2.69. The first-order chi connectivity index (χ1) is 28.0. The van der Waals surface area contributed by atoms with E-state index in [1.165, 1.54) is 109 Å². The van der Waals surface area contributed by atoms with Crippen LogP contribution in [0.5, 0.6) is 0 Å². The van der Waals surface area contributed by atoms with Crippen molar-refractivity contribution >= 4 is 59.3 Å². The molecule has 0 spiro atoms. The van der Waals surface area contributed by atoms with E-state index in [0.29, 0.717) is 0 Å². The minimum atomic E-state index is -0.277. The van der Waals surface area contributed by atoms with Crippen LogP contribution in [-0.4, -0.2) is 0 Å². The molecule has 1 heterocycles. The van der Waals surface area contributed by atoms with Gasteiger partial charge in [-0.15, -0.1) is 11.3 Å². The highest BCUT2D eigenvalue weighted by Gasteiger charge is 2.50. The van der Waals surface area contributed by atoms with Gasteiger partial charge in [-0.05, 0) is 96.3 Å². The fraction of sp³-hybridized carbons (Fsp3) is 0.179. The molecule has 0 unspecified atom stereocenters. The number of rotatable bonds is 4. The van der Waals surface area contributed by atoms with Crippen molar-refractivity contribution in [2.75, 3.05) is 4.90 Å². The van der Waals surface area contributed by atoms with E-state index in [-0.39, 0.29) is 16.2 Å². The first-order valence-corrected chi connectivity index (χ1v) is 21.5. The van der Waals surface area contributed by atoms with Gasteiger partial charge in [-0.2, -0.15) is 0 Å². The van der Waals surface area contributed by atoms with Crippen LogP contribution in [0.2, 0.25) is 0 Å². The van der Waals surface area contributed by atoms with Gasteiger partial charge >= 0.3 is 0 Å². The molecular formula is C56H47NS. The first-order valence-electron chi connectivity index (χ1n) is 20.7. The topological polar surface area (TPSA) is 3.24 Å². The van der Waals surface area contributed by atoms with Crippen molar-refractivity contribution < 1.29 is 0 Å². The molecule has 1 nitrogen and oxygen atoms in total. The van der Waals surface area contributed by atoms with E-state index in [2.05, 4.69) is 211 Å². The SMILES string of the molecule is CC(C)(C)c1c2c(c(N(c3ccc4c(c3)sc3ccccc34)c3ccc(-c4ccccc4)c4ccccc34)c3c1-c1ccccc1C3(C)C)C(C)(C)c1ccccc1-2. The third-order valence-corrected chi connectivity index (χ3v) is 14.4. The van der Waals surface area contributed by atoms with Crippen molar-refractivity contribution in [3.63, 3.8) is 0 Å². The highest BCUT2D eigenvalue weighted by molar-refractivity contribution is 7.25. The molecule has 8 aromatic carbocycles. The normalized spacial score (nSPS) is 14.7. The lowest BCUT2D eigenvalue weighted by Gasteiger charge is -2.39. The molecule has 2 heteroatoms. The second kappa shape index (κ2) is 12.3. The number of hydrogen-bond acceptors (Lipinski definition) is 2. The molecule has 0 fully saturated rings. The molecule has 0 aliphatic heterocycles. The minimum absolute atomic E-state index is 0.126. The van der Waals surface area contributed by atoms with Gasteiger partial charge in [0.1, 0.15) is 0 Å². The maximum Gasteiger partial charge on any atom is 0.0556 e. The van der Waals surface area contributed by atoms with E-state index in [0.717, 1.165) is 0 Å². The van der Waals surface area contributed by atoms with Crippen LogP contribution in [0.25, 0.3) is 64.3 Å². The lowest BCUT2D eigenvalue weighted by Crippen LogP contribution is -2.28. The molecule has 2 aliphatic rings. The summed E-state index contributed by atoms with van der Waals surface area (Å²) in [7, 11) is 0.